The summed E-state index contributed by atoms with van der Waals surface area (Å²) in [5.74, 6) is 0.326. The number of H-pyrrole nitrogens is 1. The third-order valence-corrected chi connectivity index (χ3v) is 4.10. The minimum Gasteiger partial charge on any atom is -0.467 e. The van der Waals surface area contributed by atoms with Crippen LogP contribution in [0.2, 0.25) is 5.02 Å². The molecule has 0 aliphatic heterocycles. The van der Waals surface area contributed by atoms with Gasteiger partial charge in [-0.3, -0.25) is 9.59 Å². The fraction of sp³-hybridized carbons (Fsp3) is 0.125. The maximum absolute atomic E-state index is 12.8. The van der Waals surface area contributed by atoms with Gasteiger partial charge in [-0.15, -0.1) is 9.73 Å². The van der Waals surface area contributed by atoms with Gasteiger partial charge in [-0.25, -0.2) is 4.57 Å². The standard InChI is InChI=1S/C16H12ClN5O3/c17-10-3-4-12-13(6-10)22-15(8-19-20-22)21(16(12)24)9-14(23)18-7-11-2-1-5-25-11/h1-6,8H,7,9H2,(H,18,23)/p+1. The molecule has 0 unspecified atom stereocenters. The first-order valence-electron chi connectivity index (χ1n) is 7.50. The largest absolute Gasteiger partial charge is 0.467 e. The van der Waals surface area contributed by atoms with Gasteiger partial charge in [0.2, 0.25) is 6.20 Å². The van der Waals surface area contributed by atoms with E-state index >= 15 is 0 Å². The number of carbonyl (C=O) groups is 1. The summed E-state index contributed by atoms with van der Waals surface area (Å²) in [7, 11) is 0. The van der Waals surface area contributed by atoms with Crippen LogP contribution >= 0.6 is 11.6 Å². The van der Waals surface area contributed by atoms with Crippen LogP contribution in [0.5, 0.6) is 0 Å². The Kier molecular flexibility index (Phi) is 3.73. The van der Waals surface area contributed by atoms with Gasteiger partial charge in [-0.2, -0.15) is 0 Å². The third kappa shape index (κ3) is 2.76. The number of hydrogen-bond acceptors (Lipinski definition) is 4. The molecule has 4 aromatic rings. The summed E-state index contributed by atoms with van der Waals surface area (Å²) in [4.78, 5) is 25.0. The van der Waals surface area contributed by atoms with Crippen molar-refractivity contribution < 1.29 is 13.7 Å². The second kappa shape index (κ2) is 6.06. The number of benzene rings is 1. The molecule has 0 bridgehead atoms. The first kappa shape index (κ1) is 15.4. The second-order valence-corrected chi connectivity index (χ2v) is 5.90. The molecule has 0 fully saturated rings. The highest BCUT2D eigenvalue weighted by molar-refractivity contribution is 6.31. The Bertz CT molecular complexity index is 1130. The van der Waals surface area contributed by atoms with E-state index in [0.29, 0.717) is 27.3 Å². The summed E-state index contributed by atoms with van der Waals surface area (Å²) >= 11 is 6.02. The molecule has 0 aliphatic rings. The molecule has 0 atom stereocenters. The van der Waals surface area contributed by atoms with E-state index in [1.165, 1.54) is 17.0 Å². The van der Waals surface area contributed by atoms with Crippen molar-refractivity contribution in [2.24, 2.45) is 0 Å². The van der Waals surface area contributed by atoms with Gasteiger partial charge in [-0.1, -0.05) is 11.6 Å². The van der Waals surface area contributed by atoms with Crippen LogP contribution < -0.4 is 15.4 Å². The third-order valence-electron chi connectivity index (χ3n) is 3.86. The summed E-state index contributed by atoms with van der Waals surface area (Å²) in [5, 5.41) is 10.4. The molecule has 126 valence electrons. The minimum absolute atomic E-state index is 0.138. The molecule has 0 saturated heterocycles. The molecule has 0 saturated carbocycles. The number of nitrogens with one attached hydrogen (secondary N) is 2. The lowest BCUT2D eigenvalue weighted by Gasteiger charge is -2.06. The first-order valence-corrected chi connectivity index (χ1v) is 7.87. The molecular weight excluding hydrogens is 346 g/mol. The van der Waals surface area contributed by atoms with Gasteiger partial charge >= 0.3 is 5.56 Å². The maximum atomic E-state index is 12.8. The van der Waals surface area contributed by atoms with Crippen LogP contribution in [-0.4, -0.2) is 20.8 Å². The van der Waals surface area contributed by atoms with Crippen LogP contribution in [0.1, 0.15) is 5.76 Å². The molecule has 8 nitrogen and oxygen atoms in total. The van der Waals surface area contributed by atoms with Crippen molar-refractivity contribution in [3.05, 3.63) is 63.9 Å². The maximum Gasteiger partial charge on any atom is 0.318 e. The van der Waals surface area contributed by atoms with E-state index in [0.717, 1.165) is 0 Å². The number of halogens is 1. The SMILES string of the molecule is O=C(Cn1c(=O)c2ccc(Cl)cc2[n+]2[nH]ncc12)NCc1ccco1. The van der Waals surface area contributed by atoms with Gasteiger partial charge in [0.05, 0.1) is 18.2 Å². The average Bonchev–Trinajstić information content (AvgIpc) is 3.28. The fourth-order valence-electron chi connectivity index (χ4n) is 2.69. The van der Waals surface area contributed by atoms with Crippen molar-refractivity contribution in [2.75, 3.05) is 0 Å². The van der Waals surface area contributed by atoms with Gasteiger partial charge in [0.25, 0.3) is 11.6 Å². The molecule has 0 spiro atoms. The predicted molar refractivity (Wildman–Crippen MR) is 89.1 cm³/mol. The highest BCUT2D eigenvalue weighted by atomic mass is 35.5. The zero-order valence-electron chi connectivity index (χ0n) is 12.9. The Balaban J connectivity index is 1.72. The van der Waals surface area contributed by atoms with Crippen molar-refractivity contribution in [1.29, 1.82) is 0 Å². The van der Waals surface area contributed by atoms with E-state index < -0.39 is 0 Å². The van der Waals surface area contributed by atoms with Gasteiger partial charge in [-0.05, 0) is 35.4 Å². The van der Waals surface area contributed by atoms with Crippen molar-refractivity contribution in [3.63, 3.8) is 0 Å². The molecule has 3 heterocycles. The molecule has 3 aromatic heterocycles. The Labute approximate surface area is 145 Å². The zero-order chi connectivity index (χ0) is 17.4. The number of hydrogen-bond donors (Lipinski definition) is 2. The average molecular weight is 359 g/mol. The van der Waals surface area contributed by atoms with Crippen LogP contribution in [0.3, 0.4) is 0 Å². The van der Waals surface area contributed by atoms with Crippen molar-refractivity contribution in [1.82, 2.24) is 20.2 Å². The molecule has 1 aromatic carbocycles. The monoisotopic (exact) mass is 358 g/mol. The van der Waals surface area contributed by atoms with Crippen LogP contribution in [0.4, 0.5) is 0 Å². The fourth-order valence-corrected chi connectivity index (χ4v) is 2.86. The van der Waals surface area contributed by atoms with E-state index in [9.17, 15) is 9.59 Å². The predicted octanol–water partition coefficient (Wildman–Crippen LogP) is 1.03. The van der Waals surface area contributed by atoms with Gasteiger partial charge < -0.3 is 9.73 Å². The van der Waals surface area contributed by atoms with Crippen LogP contribution in [0.15, 0.2) is 52.0 Å². The summed E-state index contributed by atoms with van der Waals surface area (Å²) in [6.07, 6.45) is 3.02. The minimum atomic E-state index is -0.310. The normalized spacial score (nSPS) is 11.2. The van der Waals surface area contributed by atoms with E-state index in [4.69, 9.17) is 16.0 Å². The Morgan fingerprint density at radius 3 is 3.08 bits per heavy atom. The molecule has 0 radical (unpaired) electrons. The molecule has 2 N–H and O–H groups in total. The van der Waals surface area contributed by atoms with Crippen molar-refractivity contribution in [2.45, 2.75) is 13.1 Å². The smallest absolute Gasteiger partial charge is 0.318 e. The van der Waals surface area contributed by atoms with E-state index in [2.05, 4.69) is 15.6 Å². The lowest BCUT2D eigenvalue weighted by atomic mass is 10.2. The second-order valence-electron chi connectivity index (χ2n) is 5.46. The summed E-state index contributed by atoms with van der Waals surface area (Å²) in [6, 6.07) is 8.44. The number of amides is 1. The quantitative estimate of drug-likeness (QED) is 0.532. The number of aromatic nitrogens is 4. The molecule has 4 rings (SSSR count). The highest BCUT2D eigenvalue weighted by Gasteiger charge is 2.20. The number of furan rings is 1. The molecule has 25 heavy (non-hydrogen) atoms. The molecule has 9 heteroatoms. The Hall–Kier alpha value is -3.13. The van der Waals surface area contributed by atoms with Crippen LogP contribution in [0.25, 0.3) is 16.6 Å². The van der Waals surface area contributed by atoms with E-state index in [1.54, 1.807) is 34.8 Å². The van der Waals surface area contributed by atoms with Crippen molar-refractivity contribution >= 4 is 34.1 Å². The Morgan fingerprint density at radius 1 is 1.40 bits per heavy atom. The number of fused-ring (bicyclic) bond motifs is 3. The number of rotatable bonds is 4. The zero-order valence-corrected chi connectivity index (χ0v) is 13.7. The molecule has 1 amide bonds. The van der Waals surface area contributed by atoms with Gasteiger partial charge in [0.1, 0.15) is 11.3 Å². The van der Waals surface area contributed by atoms with Gasteiger partial charge in [0, 0.05) is 5.02 Å². The topological polar surface area (TPSA) is 97.0 Å². The summed E-state index contributed by atoms with van der Waals surface area (Å²) in [6.45, 7) is 0.118. The summed E-state index contributed by atoms with van der Waals surface area (Å²) < 4.78 is 8.14. The number of nitrogens with zero attached hydrogens (tertiary/aromatic N) is 3. The molecule has 0 aliphatic carbocycles. The number of aromatic amines is 1. The van der Waals surface area contributed by atoms with E-state index in [1.807, 2.05) is 0 Å². The van der Waals surface area contributed by atoms with Crippen LogP contribution in [0, 0.1) is 0 Å². The summed E-state index contributed by atoms with van der Waals surface area (Å²) in [5.41, 5.74) is 0.770. The van der Waals surface area contributed by atoms with E-state index in [-0.39, 0.29) is 24.6 Å². The first-order chi connectivity index (χ1) is 12.1. The number of carbonyl (C=O) groups excluding carboxylic acids is 1. The molecular formula is C16H13ClN5O3+. The van der Waals surface area contributed by atoms with Crippen molar-refractivity contribution in [3.8, 4) is 0 Å². The van der Waals surface area contributed by atoms with Gasteiger partial charge in [0.15, 0.2) is 6.54 Å². The lowest BCUT2D eigenvalue weighted by molar-refractivity contribution is -0.557. The van der Waals surface area contributed by atoms with Crippen LogP contribution in [-0.2, 0) is 17.9 Å². The lowest BCUT2D eigenvalue weighted by Crippen LogP contribution is -2.39. The highest BCUT2D eigenvalue weighted by Crippen LogP contribution is 2.14. The Morgan fingerprint density at radius 2 is 2.28 bits per heavy atom.